The molecule has 0 aliphatic carbocycles. The van der Waals surface area contributed by atoms with Gasteiger partial charge in [-0.1, -0.05) is 0 Å². The molecule has 0 atom stereocenters. The first-order chi connectivity index (χ1) is 9.51. The molecule has 0 radical (unpaired) electrons. The molecule has 0 saturated carbocycles. The monoisotopic (exact) mass is 282 g/mol. The van der Waals surface area contributed by atoms with Gasteiger partial charge in [-0.2, -0.15) is 0 Å². The second-order valence-electron chi connectivity index (χ2n) is 3.77. The predicted molar refractivity (Wildman–Crippen MR) is 66.7 cm³/mol. The van der Waals surface area contributed by atoms with Crippen molar-refractivity contribution in [3.05, 3.63) is 34.9 Å². The molecule has 0 saturated heterocycles. The van der Waals surface area contributed by atoms with Crippen molar-refractivity contribution in [1.29, 1.82) is 0 Å². The summed E-state index contributed by atoms with van der Waals surface area (Å²) in [5.41, 5.74) is -0.478. The highest BCUT2D eigenvalue weighted by Gasteiger charge is 2.20. The van der Waals surface area contributed by atoms with Crippen LogP contribution in [0.25, 0.3) is 0 Å². The Morgan fingerprint density at radius 1 is 1.15 bits per heavy atom. The smallest absolute Gasteiger partial charge is 0.338 e. The molecule has 7 heteroatoms. The summed E-state index contributed by atoms with van der Waals surface area (Å²) in [6.45, 7) is -0.0918. The van der Waals surface area contributed by atoms with Gasteiger partial charge in [-0.15, -0.1) is 0 Å². The molecular weight excluding hydrogens is 268 g/mol. The van der Waals surface area contributed by atoms with Crippen molar-refractivity contribution < 1.29 is 34.1 Å². The first-order valence-electron chi connectivity index (χ1n) is 5.75. The number of benzene rings is 1. The lowest BCUT2D eigenvalue weighted by atomic mass is 10.0. The minimum atomic E-state index is -1.35. The first kappa shape index (κ1) is 15.6. The molecule has 0 heterocycles. The summed E-state index contributed by atoms with van der Waals surface area (Å²) in [5.74, 6) is -2.88. The Balaban J connectivity index is 3.01. The second-order valence-corrected chi connectivity index (χ2v) is 3.77. The largest absolute Gasteiger partial charge is 0.478 e. The summed E-state index contributed by atoms with van der Waals surface area (Å²) >= 11 is 0. The van der Waals surface area contributed by atoms with Crippen LogP contribution in [0.4, 0.5) is 0 Å². The van der Waals surface area contributed by atoms with Gasteiger partial charge in [0.25, 0.3) is 0 Å². The third kappa shape index (κ3) is 3.79. The van der Waals surface area contributed by atoms with Gasteiger partial charge in [0, 0.05) is 13.0 Å². The summed E-state index contributed by atoms with van der Waals surface area (Å²) in [6.07, 6.45) is 0.289. The maximum atomic E-state index is 11.6. The molecular formula is C13H14O7. The molecule has 2 N–H and O–H groups in total. The fourth-order valence-electron chi connectivity index (χ4n) is 1.45. The van der Waals surface area contributed by atoms with Crippen molar-refractivity contribution in [1.82, 2.24) is 0 Å². The van der Waals surface area contributed by atoms with E-state index in [9.17, 15) is 14.4 Å². The molecule has 108 valence electrons. The highest BCUT2D eigenvalue weighted by atomic mass is 16.5. The number of hydrogen-bond acceptors (Lipinski definition) is 6. The Kier molecular flexibility index (Phi) is 5.67. The number of aliphatic hydroxyl groups excluding tert-OH is 1. The van der Waals surface area contributed by atoms with Gasteiger partial charge >= 0.3 is 17.9 Å². The number of carboxylic acids is 1. The maximum absolute atomic E-state index is 11.6. The van der Waals surface area contributed by atoms with E-state index in [1.165, 1.54) is 12.1 Å². The third-order valence-corrected chi connectivity index (χ3v) is 2.43. The minimum absolute atomic E-state index is 0.00740. The van der Waals surface area contributed by atoms with Crippen molar-refractivity contribution in [2.75, 3.05) is 20.3 Å². The van der Waals surface area contributed by atoms with Crippen LogP contribution in [0, 0.1) is 0 Å². The summed E-state index contributed by atoms with van der Waals surface area (Å²) in [4.78, 5) is 34.1. The van der Waals surface area contributed by atoms with Crippen LogP contribution < -0.4 is 0 Å². The van der Waals surface area contributed by atoms with Crippen LogP contribution in [0.1, 0.15) is 37.5 Å². The van der Waals surface area contributed by atoms with E-state index in [2.05, 4.69) is 4.74 Å². The molecule has 0 aromatic heterocycles. The molecule has 0 amide bonds. The summed E-state index contributed by atoms with van der Waals surface area (Å²) in [5, 5.41) is 17.6. The zero-order chi connectivity index (χ0) is 15.1. The van der Waals surface area contributed by atoms with Crippen molar-refractivity contribution in [3.63, 3.8) is 0 Å². The maximum Gasteiger partial charge on any atom is 0.338 e. The van der Waals surface area contributed by atoms with Crippen LogP contribution in [0.5, 0.6) is 0 Å². The molecule has 1 aromatic rings. The van der Waals surface area contributed by atoms with Crippen molar-refractivity contribution >= 4 is 17.9 Å². The van der Waals surface area contributed by atoms with Crippen molar-refractivity contribution in [2.24, 2.45) is 0 Å². The van der Waals surface area contributed by atoms with E-state index in [1.807, 2.05) is 0 Å². The molecule has 7 nitrogen and oxygen atoms in total. The standard InChI is InChI=1S/C13H14O7/c1-19-13(18)9-4-3-8(7-10(9)11(15)16)12(17)20-6-2-5-14/h3-4,7,14H,2,5-6H2,1H3,(H,15,16). The van der Waals surface area contributed by atoms with Gasteiger partial charge in [-0.3, -0.25) is 0 Å². The number of esters is 2. The number of rotatable bonds is 6. The fourth-order valence-corrected chi connectivity index (χ4v) is 1.45. The lowest BCUT2D eigenvalue weighted by Crippen LogP contribution is -2.13. The van der Waals surface area contributed by atoms with Gasteiger partial charge in [0.1, 0.15) is 0 Å². The molecule has 1 aromatic carbocycles. The van der Waals surface area contributed by atoms with E-state index in [0.717, 1.165) is 13.2 Å². The fraction of sp³-hybridized carbons (Fsp3) is 0.308. The van der Waals surface area contributed by atoms with Gasteiger partial charge in [0.15, 0.2) is 0 Å². The average molecular weight is 282 g/mol. The summed E-state index contributed by atoms with van der Waals surface area (Å²) < 4.78 is 9.28. The number of hydrogen-bond donors (Lipinski definition) is 2. The summed E-state index contributed by atoms with van der Waals surface area (Å²) in [7, 11) is 1.13. The Morgan fingerprint density at radius 2 is 1.85 bits per heavy atom. The Morgan fingerprint density at radius 3 is 2.40 bits per heavy atom. The predicted octanol–water partition coefficient (Wildman–Crippen LogP) is 0.711. The van der Waals surface area contributed by atoms with Gasteiger partial charge in [-0.25, -0.2) is 14.4 Å². The SMILES string of the molecule is COC(=O)c1ccc(C(=O)OCCCO)cc1C(=O)O. The number of aliphatic hydroxyl groups is 1. The first-order valence-corrected chi connectivity index (χ1v) is 5.75. The number of carbonyl (C=O) groups is 3. The Bertz CT molecular complexity index is 521. The van der Waals surface area contributed by atoms with E-state index in [0.29, 0.717) is 0 Å². The lowest BCUT2D eigenvalue weighted by Gasteiger charge is -2.07. The molecule has 0 aliphatic rings. The van der Waals surface area contributed by atoms with E-state index in [1.54, 1.807) is 0 Å². The van der Waals surface area contributed by atoms with Gasteiger partial charge in [0.2, 0.25) is 0 Å². The van der Waals surface area contributed by atoms with Crippen molar-refractivity contribution in [3.8, 4) is 0 Å². The minimum Gasteiger partial charge on any atom is -0.478 e. The molecule has 0 unspecified atom stereocenters. The molecule has 20 heavy (non-hydrogen) atoms. The van der Waals surface area contributed by atoms with Crippen LogP contribution in [0.3, 0.4) is 0 Å². The molecule has 0 spiro atoms. The third-order valence-electron chi connectivity index (χ3n) is 2.43. The van der Waals surface area contributed by atoms with Crippen LogP contribution >= 0.6 is 0 Å². The van der Waals surface area contributed by atoms with E-state index in [4.69, 9.17) is 14.9 Å². The van der Waals surface area contributed by atoms with Gasteiger partial charge < -0.3 is 19.7 Å². The zero-order valence-corrected chi connectivity index (χ0v) is 10.8. The highest BCUT2D eigenvalue weighted by molar-refractivity contribution is 6.04. The number of methoxy groups -OCH3 is 1. The molecule has 0 bridgehead atoms. The quantitative estimate of drug-likeness (QED) is 0.584. The van der Waals surface area contributed by atoms with E-state index >= 15 is 0 Å². The highest BCUT2D eigenvalue weighted by Crippen LogP contribution is 2.14. The molecule has 0 aliphatic heterocycles. The normalized spacial score (nSPS) is 9.90. The van der Waals surface area contributed by atoms with E-state index in [-0.39, 0.29) is 36.3 Å². The number of aromatic carboxylic acids is 1. The average Bonchev–Trinajstić information content (AvgIpc) is 2.45. The second kappa shape index (κ2) is 7.25. The summed E-state index contributed by atoms with van der Waals surface area (Å²) in [6, 6.07) is 3.52. The number of carbonyl (C=O) groups excluding carboxylic acids is 2. The van der Waals surface area contributed by atoms with E-state index < -0.39 is 17.9 Å². The lowest BCUT2D eigenvalue weighted by molar-refractivity contribution is 0.0480. The molecule has 1 rings (SSSR count). The zero-order valence-electron chi connectivity index (χ0n) is 10.8. The van der Waals surface area contributed by atoms with Gasteiger partial charge in [0.05, 0.1) is 30.4 Å². The van der Waals surface area contributed by atoms with Crippen molar-refractivity contribution in [2.45, 2.75) is 6.42 Å². The van der Waals surface area contributed by atoms with Crippen LogP contribution in [0.15, 0.2) is 18.2 Å². The topological polar surface area (TPSA) is 110 Å². The Labute approximate surface area is 114 Å². The van der Waals surface area contributed by atoms with Crippen LogP contribution in [0.2, 0.25) is 0 Å². The molecule has 0 fully saturated rings. The van der Waals surface area contributed by atoms with Crippen LogP contribution in [-0.2, 0) is 9.47 Å². The Hall–Kier alpha value is -2.41. The van der Waals surface area contributed by atoms with Gasteiger partial charge in [-0.05, 0) is 18.2 Å². The number of ether oxygens (including phenoxy) is 2. The number of carboxylic acid groups (broad SMARTS) is 1. The van der Waals surface area contributed by atoms with Crippen LogP contribution in [-0.4, -0.2) is 48.4 Å².